The molecule has 3 aromatic carbocycles. The molecule has 170 valence electrons. The molecule has 0 fully saturated rings. The van der Waals surface area contributed by atoms with Gasteiger partial charge >= 0.3 is 0 Å². The van der Waals surface area contributed by atoms with Gasteiger partial charge in [0, 0.05) is 10.5 Å². The fourth-order valence-electron chi connectivity index (χ4n) is 3.27. The second-order valence-corrected chi connectivity index (χ2v) is 10.3. The standard InChI is InChI=1S/C23H18F2N2O4S2/c1-31-20-7-5-13(9-18(20)26)10-22-23(28)27-19-11-14(6-8-21(19)32-22)33(29,30)12-15-16(24)3-2-4-17(15)25/h2-11H,12,26H2,1H3,(H,27,28)/b22-10-. The van der Waals surface area contributed by atoms with E-state index in [-0.39, 0.29) is 4.90 Å². The van der Waals surface area contributed by atoms with Crippen LogP contribution in [0.4, 0.5) is 20.2 Å². The summed E-state index contributed by atoms with van der Waals surface area (Å²) >= 11 is 1.17. The number of amides is 1. The summed E-state index contributed by atoms with van der Waals surface area (Å²) in [6.45, 7) is 0. The minimum Gasteiger partial charge on any atom is -0.495 e. The van der Waals surface area contributed by atoms with Crippen molar-refractivity contribution in [2.45, 2.75) is 15.5 Å². The second kappa shape index (κ2) is 8.87. The molecule has 1 aliphatic rings. The van der Waals surface area contributed by atoms with E-state index < -0.39 is 38.7 Å². The topological polar surface area (TPSA) is 98.5 Å². The van der Waals surface area contributed by atoms with E-state index in [1.54, 1.807) is 30.3 Å². The molecule has 0 saturated heterocycles. The van der Waals surface area contributed by atoms with Gasteiger partial charge in [-0.1, -0.05) is 23.9 Å². The van der Waals surface area contributed by atoms with Crippen LogP contribution < -0.4 is 15.8 Å². The fraction of sp³-hybridized carbons (Fsp3) is 0.0870. The Morgan fingerprint density at radius 1 is 1.09 bits per heavy atom. The third kappa shape index (κ3) is 4.71. The molecule has 0 spiro atoms. The first kappa shape index (κ1) is 22.8. The number of ether oxygens (including phenoxy) is 1. The van der Waals surface area contributed by atoms with Gasteiger partial charge in [0.05, 0.1) is 34.0 Å². The van der Waals surface area contributed by atoms with Crippen molar-refractivity contribution in [1.82, 2.24) is 0 Å². The third-order valence-corrected chi connectivity index (χ3v) is 7.69. The molecular weight excluding hydrogens is 470 g/mol. The number of nitrogens with one attached hydrogen (secondary N) is 1. The third-order valence-electron chi connectivity index (χ3n) is 4.95. The molecule has 10 heteroatoms. The lowest BCUT2D eigenvalue weighted by atomic mass is 10.1. The molecule has 0 atom stereocenters. The fourth-order valence-corrected chi connectivity index (χ4v) is 5.60. The van der Waals surface area contributed by atoms with E-state index in [9.17, 15) is 22.0 Å². The number of sulfone groups is 1. The molecule has 0 radical (unpaired) electrons. The zero-order valence-corrected chi connectivity index (χ0v) is 18.9. The van der Waals surface area contributed by atoms with Crippen LogP contribution in [0.5, 0.6) is 5.75 Å². The number of halogens is 2. The summed E-state index contributed by atoms with van der Waals surface area (Å²) in [6, 6.07) is 12.5. The van der Waals surface area contributed by atoms with Gasteiger partial charge in [-0.3, -0.25) is 4.79 Å². The summed E-state index contributed by atoms with van der Waals surface area (Å²) in [4.78, 5) is 13.5. The van der Waals surface area contributed by atoms with Gasteiger partial charge in [-0.05, 0) is 54.1 Å². The zero-order valence-electron chi connectivity index (χ0n) is 17.3. The van der Waals surface area contributed by atoms with Gasteiger partial charge in [0.1, 0.15) is 17.4 Å². The Kier molecular flexibility index (Phi) is 6.13. The SMILES string of the molecule is COc1ccc(/C=C2\Sc3ccc(S(=O)(=O)Cc4c(F)cccc4F)cc3NC2=O)cc1N. The monoisotopic (exact) mass is 488 g/mol. The molecular formula is C23H18F2N2O4S2. The lowest BCUT2D eigenvalue weighted by Gasteiger charge is -2.19. The number of anilines is 2. The van der Waals surface area contributed by atoms with Crippen molar-refractivity contribution >= 4 is 45.0 Å². The van der Waals surface area contributed by atoms with Crippen LogP contribution in [0.25, 0.3) is 6.08 Å². The van der Waals surface area contributed by atoms with E-state index in [2.05, 4.69) is 5.32 Å². The Labute approximate surface area is 193 Å². The van der Waals surface area contributed by atoms with Gasteiger partial charge in [-0.25, -0.2) is 17.2 Å². The summed E-state index contributed by atoms with van der Waals surface area (Å²) in [7, 11) is -2.56. The quantitative estimate of drug-likeness (QED) is 0.402. The van der Waals surface area contributed by atoms with Crippen molar-refractivity contribution in [2.24, 2.45) is 0 Å². The Hall–Kier alpha value is -3.37. The lowest BCUT2D eigenvalue weighted by Crippen LogP contribution is -2.18. The molecule has 0 aromatic heterocycles. The van der Waals surface area contributed by atoms with Crippen LogP contribution in [0, 0.1) is 11.6 Å². The van der Waals surface area contributed by atoms with Crippen molar-refractivity contribution in [3.05, 3.63) is 82.3 Å². The number of benzene rings is 3. The van der Waals surface area contributed by atoms with Gasteiger partial charge in [0.25, 0.3) is 5.91 Å². The summed E-state index contributed by atoms with van der Waals surface area (Å²) in [5, 5.41) is 2.67. The van der Waals surface area contributed by atoms with Crippen LogP contribution in [-0.4, -0.2) is 21.4 Å². The maximum Gasteiger partial charge on any atom is 0.262 e. The van der Waals surface area contributed by atoms with E-state index in [0.29, 0.717) is 32.5 Å². The number of fused-ring (bicyclic) bond motifs is 1. The molecule has 3 aromatic rings. The van der Waals surface area contributed by atoms with Crippen LogP contribution >= 0.6 is 11.8 Å². The second-order valence-electron chi connectivity index (χ2n) is 7.18. The Morgan fingerprint density at radius 2 is 1.82 bits per heavy atom. The predicted octanol–water partition coefficient (Wildman–Crippen LogP) is 4.61. The van der Waals surface area contributed by atoms with Gasteiger partial charge in [0.2, 0.25) is 0 Å². The van der Waals surface area contributed by atoms with Gasteiger partial charge in [0.15, 0.2) is 9.84 Å². The van der Waals surface area contributed by atoms with Crippen LogP contribution in [0.15, 0.2) is 69.3 Å². The van der Waals surface area contributed by atoms with Crippen molar-refractivity contribution in [1.29, 1.82) is 0 Å². The first-order valence-electron chi connectivity index (χ1n) is 9.62. The van der Waals surface area contributed by atoms with E-state index in [1.807, 2.05) is 0 Å². The number of methoxy groups -OCH3 is 1. The molecule has 0 unspecified atom stereocenters. The van der Waals surface area contributed by atoms with E-state index in [4.69, 9.17) is 10.5 Å². The number of hydrogen-bond acceptors (Lipinski definition) is 6. The van der Waals surface area contributed by atoms with Gasteiger partial charge in [-0.2, -0.15) is 0 Å². The normalized spacial score (nSPS) is 14.6. The van der Waals surface area contributed by atoms with E-state index in [1.165, 1.54) is 31.0 Å². The molecule has 1 amide bonds. The molecule has 1 heterocycles. The van der Waals surface area contributed by atoms with E-state index in [0.717, 1.165) is 18.2 Å². The molecule has 0 saturated carbocycles. The maximum absolute atomic E-state index is 13.9. The number of hydrogen-bond donors (Lipinski definition) is 2. The summed E-state index contributed by atoms with van der Waals surface area (Å²) < 4.78 is 58.5. The number of carbonyl (C=O) groups excluding carboxylic acids is 1. The highest BCUT2D eigenvalue weighted by Crippen LogP contribution is 2.40. The van der Waals surface area contributed by atoms with Crippen molar-refractivity contribution in [3.8, 4) is 5.75 Å². The first-order valence-corrected chi connectivity index (χ1v) is 12.1. The number of nitrogen functional groups attached to an aromatic ring is 1. The molecule has 4 rings (SSSR count). The smallest absolute Gasteiger partial charge is 0.262 e. The van der Waals surface area contributed by atoms with Crippen LogP contribution in [0.1, 0.15) is 11.1 Å². The van der Waals surface area contributed by atoms with E-state index >= 15 is 0 Å². The van der Waals surface area contributed by atoms with Crippen LogP contribution in [-0.2, 0) is 20.4 Å². The number of thioether (sulfide) groups is 1. The molecule has 0 aliphatic carbocycles. The average Bonchev–Trinajstić information content (AvgIpc) is 2.77. The number of carbonyl (C=O) groups is 1. The Morgan fingerprint density at radius 3 is 2.48 bits per heavy atom. The highest BCUT2D eigenvalue weighted by molar-refractivity contribution is 8.04. The minimum absolute atomic E-state index is 0.153. The molecule has 0 bridgehead atoms. The minimum atomic E-state index is -4.06. The number of rotatable bonds is 5. The number of nitrogens with two attached hydrogens (primary N) is 1. The zero-order chi connectivity index (χ0) is 23.8. The van der Waals surface area contributed by atoms with Crippen LogP contribution in [0.2, 0.25) is 0 Å². The van der Waals surface area contributed by atoms with Crippen LogP contribution in [0.3, 0.4) is 0 Å². The van der Waals surface area contributed by atoms with Crippen molar-refractivity contribution in [2.75, 3.05) is 18.2 Å². The Balaban J connectivity index is 1.61. The molecule has 6 nitrogen and oxygen atoms in total. The summed E-state index contributed by atoms with van der Waals surface area (Å²) in [5.41, 5.74) is 6.80. The molecule has 1 aliphatic heterocycles. The first-order chi connectivity index (χ1) is 15.7. The average molecular weight is 489 g/mol. The van der Waals surface area contributed by atoms with Gasteiger partial charge < -0.3 is 15.8 Å². The summed E-state index contributed by atoms with van der Waals surface area (Å²) in [6.07, 6.45) is 1.66. The predicted molar refractivity (Wildman–Crippen MR) is 124 cm³/mol. The van der Waals surface area contributed by atoms with Crippen molar-refractivity contribution in [3.63, 3.8) is 0 Å². The molecule has 3 N–H and O–H groups in total. The lowest BCUT2D eigenvalue weighted by molar-refractivity contribution is -0.112. The van der Waals surface area contributed by atoms with Gasteiger partial charge in [-0.15, -0.1) is 0 Å². The molecule has 33 heavy (non-hydrogen) atoms. The highest BCUT2D eigenvalue weighted by Gasteiger charge is 2.25. The maximum atomic E-state index is 13.9. The largest absolute Gasteiger partial charge is 0.495 e. The highest BCUT2D eigenvalue weighted by atomic mass is 32.2. The Bertz CT molecular complexity index is 1390. The van der Waals surface area contributed by atoms with Crippen molar-refractivity contribution < 1.29 is 26.7 Å². The summed E-state index contributed by atoms with van der Waals surface area (Å²) in [5.74, 6) is -2.61.